The number of H-pyrrole nitrogens is 1. The number of guanidine groups is 1. The molecule has 0 aliphatic carbocycles. The average Bonchev–Trinajstić information content (AvgIpc) is 3.08. The second-order valence-corrected chi connectivity index (χ2v) is 6.74. The van der Waals surface area contributed by atoms with E-state index in [2.05, 4.69) is 20.2 Å². The number of nitrogens with zero attached hydrogens (tertiary/aromatic N) is 2. The Balaban J connectivity index is 1.51. The third-order valence-electron chi connectivity index (χ3n) is 5.03. The molecule has 0 radical (unpaired) electrons. The molecule has 146 valence electrons. The van der Waals surface area contributed by atoms with E-state index in [9.17, 15) is 9.18 Å². The van der Waals surface area contributed by atoms with Crippen LogP contribution in [0.15, 0.2) is 29.4 Å². The number of aliphatic imine (C=N–C) groups is 1. The zero-order valence-electron chi connectivity index (χ0n) is 15.9. The molecule has 1 saturated heterocycles. The summed E-state index contributed by atoms with van der Waals surface area (Å²) >= 11 is 0. The molecule has 1 aromatic heterocycles. The lowest BCUT2D eigenvalue weighted by Gasteiger charge is -2.33. The van der Waals surface area contributed by atoms with E-state index >= 15 is 0 Å². The number of hydrogen-bond donors (Lipinski definition) is 2. The Morgan fingerprint density at radius 3 is 2.89 bits per heavy atom. The monoisotopic (exact) mass is 374 g/mol. The molecule has 1 aliphatic rings. The highest BCUT2D eigenvalue weighted by molar-refractivity contribution is 5.83. The summed E-state index contributed by atoms with van der Waals surface area (Å²) in [5.74, 6) is 0.506. The largest absolute Gasteiger partial charge is 0.466 e. The van der Waals surface area contributed by atoms with Crippen molar-refractivity contribution in [3.05, 3.63) is 35.8 Å². The number of esters is 1. The van der Waals surface area contributed by atoms with E-state index in [-0.39, 0.29) is 17.7 Å². The number of carbonyl (C=O) groups excluding carboxylic acids is 1. The van der Waals surface area contributed by atoms with Crippen molar-refractivity contribution in [2.45, 2.75) is 26.2 Å². The molecule has 0 spiro atoms. The smallest absolute Gasteiger partial charge is 0.309 e. The van der Waals surface area contributed by atoms with Crippen LogP contribution in [-0.4, -0.2) is 55.1 Å². The molecule has 27 heavy (non-hydrogen) atoms. The van der Waals surface area contributed by atoms with Gasteiger partial charge < -0.3 is 19.9 Å². The standard InChI is InChI=1S/C20H27FN4O2/c1-3-27-19(26)14-7-10-25(11-8-14)20(22-2)23-9-6-15-13-24-18-5-4-16(21)12-17(15)18/h4-5,12-14,24H,3,6-11H2,1-2H3,(H,22,23). The topological polar surface area (TPSA) is 69.7 Å². The molecule has 6 nitrogen and oxygen atoms in total. The van der Waals surface area contributed by atoms with Crippen LogP contribution >= 0.6 is 0 Å². The van der Waals surface area contributed by atoms with E-state index in [4.69, 9.17) is 4.74 Å². The maximum absolute atomic E-state index is 13.5. The van der Waals surface area contributed by atoms with Gasteiger partial charge in [0.2, 0.25) is 0 Å². The van der Waals surface area contributed by atoms with Gasteiger partial charge in [-0.05, 0) is 49.9 Å². The van der Waals surface area contributed by atoms with Gasteiger partial charge in [0.25, 0.3) is 0 Å². The number of carbonyl (C=O) groups is 1. The van der Waals surface area contributed by atoms with Gasteiger partial charge in [0.05, 0.1) is 12.5 Å². The van der Waals surface area contributed by atoms with Gasteiger partial charge in [-0.1, -0.05) is 0 Å². The molecule has 1 aromatic carbocycles. The van der Waals surface area contributed by atoms with Gasteiger partial charge in [-0.3, -0.25) is 9.79 Å². The van der Waals surface area contributed by atoms with Gasteiger partial charge in [-0.2, -0.15) is 0 Å². The van der Waals surface area contributed by atoms with Crippen LogP contribution in [0.2, 0.25) is 0 Å². The summed E-state index contributed by atoms with van der Waals surface area (Å²) in [6, 6.07) is 4.78. The number of aromatic amines is 1. The summed E-state index contributed by atoms with van der Waals surface area (Å²) in [5, 5.41) is 4.30. The molecule has 0 saturated carbocycles. The van der Waals surface area contributed by atoms with Gasteiger partial charge >= 0.3 is 5.97 Å². The van der Waals surface area contributed by atoms with Crippen molar-refractivity contribution in [2.24, 2.45) is 10.9 Å². The molecule has 0 unspecified atom stereocenters. The highest BCUT2D eigenvalue weighted by Gasteiger charge is 2.27. The van der Waals surface area contributed by atoms with Crippen LogP contribution in [-0.2, 0) is 16.0 Å². The van der Waals surface area contributed by atoms with Crippen molar-refractivity contribution in [3.63, 3.8) is 0 Å². The van der Waals surface area contributed by atoms with Crippen molar-refractivity contribution >= 4 is 22.8 Å². The van der Waals surface area contributed by atoms with Crippen LogP contribution in [0.4, 0.5) is 4.39 Å². The van der Waals surface area contributed by atoms with Crippen molar-refractivity contribution in [2.75, 3.05) is 33.3 Å². The SMILES string of the molecule is CCOC(=O)C1CCN(C(=NC)NCCc2c[nH]c3ccc(F)cc23)CC1. The summed E-state index contributed by atoms with van der Waals surface area (Å²) in [7, 11) is 1.76. The fourth-order valence-electron chi connectivity index (χ4n) is 3.59. The van der Waals surface area contributed by atoms with E-state index in [1.54, 1.807) is 19.2 Å². The van der Waals surface area contributed by atoms with Crippen LogP contribution in [0.5, 0.6) is 0 Å². The highest BCUT2D eigenvalue weighted by Crippen LogP contribution is 2.20. The van der Waals surface area contributed by atoms with Crippen LogP contribution in [0, 0.1) is 11.7 Å². The first-order chi connectivity index (χ1) is 13.1. The first kappa shape index (κ1) is 19.2. The van der Waals surface area contributed by atoms with Crippen LogP contribution in [0.3, 0.4) is 0 Å². The number of hydrogen-bond acceptors (Lipinski definition) is 3. The van der Waals surface area contributed by atoms with Crippen molar-refractivity contribution in [1.82, 2.24) is 15.2 Å². The number of fused-ring (bicyclic) bond motifs is 1. The number of aromatic nitrogens is 1. The number of nitrogens with one attached hydrogen (secondary N) is 2. The Labute approximate surface area is 158 Å². The normalized spacial score (nSPS) is 16.0. The second kappa shape index (κ2) is 8.88. The zero-order chi connectivity index (χ0) is 19.2. The third kappa shape index (κ3) is 4.59. The Bertz CT molecular complexity index is 809. The second-order valence-electron chi connectivity index (χ2n) is 6.74. The molecule has 3 rings (SSSR count). The fraction of sp³-hybridized carbons (Fsp3) is 0.500. The van der Waals surface area contributed by atoms with Gasteiger partial charge in [-0.15, -0.1) is 0 Å². The first-order valence-corrected chi connectivity index (χ1v) is 9.50. The average molecular weight is 374 g/mol. The molecule has 2 aromatic rings. The Morgan fingerprint density at radius 2 is 2.19 bits per heavy atom. The summed E-state index contributed by atoms with van der Waals surface area (Å²) in [6.45, 7) is 4.53. The molecule has 7 heteroatoms. The maximum Gasteiger partial charge on any atom is 0.309 e. The predicted molar refractivity (Wildman–Crippen MR) is 104 cm³/mol. The van der Waals surface area contributed by atoms with Gasteiger partial charge in [-0.25, -0.2) is 4.39 Å². The molecule has 0 amide bonds. The zero-order valence-corrected chi connectivity index (χ0v) is 15.9. The minimum Gasteiger partial charge on any atom is -0.466 e. The van der Waals surface area contributed by atoms with E-state index in [1.165, 1.54) is 6.07 Å². The van der Waals surface area contributed by atoms with Crippen LogP contribution in [0.1, 0.15) is 25.3 Å². The Morgan fingerprint density at radius 1 is 1.41 bits per heavy atom. The molecule has 0 bridgehead atoms. The summed E-state index contributed by atoms with van der Waals surface area (Å²) < 4.78 is 18.6. The molecule has 1 aliphatic heterocycles. The van der Waals surface area contributed by atoms with Crippen LogP contribution in [0.25, 0.3) is 10.9 Å². The number of rotatable bonds is 5. The van der Waals surface area contributed by atoms with E-state index in [0.29, 0.717) is 13.2 Å². The maximum atomic E-state index is 13.5. The Kier molecular flexibility index (Phi) is 6.32. The lowest BCUT2D eigenvalue weighted by molar-refractivity contribution is -0.149. The lowest BCUT2D eigenvalue weighted by atomic mass is 9.97. The predicted octanol–water partition coefficient (Wildman–Crippen LogP) is 2.70. The first-order valence-electron chi connectivity index (χ1n) is 9.50. The summed E-state index contributed by atoms with van der Waals surface area (Å²) in [5.41, 5.74) is 2.02. The minimum atomic E-state index is -0.225. The van der Waals surface area contributed by atoms with Gasteiger partial charge in [0.1, 0.15) is 5.82 Å². The van der Waals surface area contributed by atoms with E-state index < -0.39 is 0 Å². The number of likely N-dealkylation sites (tertiary alicyclic amines) is 1. The molecule has 2 heterocycles. The molecule has 2 N–H and O–H groups in total. The third-order valence-corrected chi connectivity index (χ3v) is 5.03. The lowest BCUT2D eigenvalue weighted by Crippen LogP contribution is -2.47. The quantitative estimate of drug-likeness (QED) is 0.480. The number of halogens is 1. The summed E-state index contributed by atoms with van der Waals surface area (Å²) in [4.78, 5) is 21.6. The van der Waals surface area contributed by atoms with Crippen LogP contribution < -0.4 is 5.32 Å². The highest BCUT2D eigenvalue weighted by atomic mass is 19.1. The molecular formula is C20H27FN4O2. The Hall–Kier alpha value is -2.57. The summed E-state index contributed by atoms with van der Waals surface area (Å²) in [6.07, 6.45) is 4.25. The van der Waals surface area contributed by atoms with Crippen molar-refractivity contribution in [1.29, 1.82) is 0 Å². The molecule has 1 fully saturated rings. The number of piperidine rings is 1. The fourth-order valence-corrected chi connectivity index (χ4v) is 3.59. The molecule has 0 atom stereocenters. The van der Waals surface area contributed by atoms with Crippen molar-refractivity contribution < 1.29 is 13.9 Å². The van der Waals surface area contributed by atoms with Gasteiger partial charge in [0.15, 0.2) is 5.96 Å². The molecular weight excluding hydrogens is 347 g/mol. The number of ether oxygens (including phenoxy) is 1. The van der Waals surface area contributed by atoms with Gasteiger partial charge in [0, 0.05) is 43.8 Å². The van der Waals surface area contributed by atoms with E-state index in [0.717, 1.165) is 54.8 Å². The number of benzene rings is 1. The minimum absolute atomic E-state index is 0.0135. The van der Waals surface area contributed by atoms with E-state index in [1.807, 2.05) is 13.1 Å². The van der Waals surface area contributed by atoms with Crippen molar-refractivity contribution in [3.8, 4) is 0 Å².